The maximum absolute atomic E-state index is 11.6. The molecule has 20 heavy (non-hydrogen) atoms. The van der Waals surface area contributed by atoms with Crippen molar-refractivity contribution in [1.82, 2.24) is 15.1 Å². The Bertz CT molecular complexity index is 317. The topological polar surface area (TPSA) is 57.2 Å². The molecule has 0 saturated carbocycles. The van der Waals surface area contributed by atoms with Gasteiger partial charge in [0.1, 0.15) is 0 Å². The Morgan fingerprint density at radius 3 is 2.50 bits per heavy atom. The zero-order valence-corrected chi connectivity index (χ0v) is 13.5. The standard InChI is InChI=1S/C13H26N4O2S/c1-4-19-13(18)17-9-7-16(8-10-17)12(14-2)15-6-5-11-20-3/h4-11H2,1-3H3,(H,14,15). The third-order valence-electron chi connectivity index (χ3n) is 3.13. The van der Waals surface area contributed by atoms with E-state index in [0.29, 0.717) is 19.7 Å². The Morgan fingerprint density at radius 1 is 1.30 bits per heavy atom. The zero-order valence-electron chi connectivity index (χ0n) is 12.7. The lowest BCUT2D eigenvalue weighted by molar-refractivity contribution is 0.0915. The van der Waals surface area contributed by atoms with E-state index in [1.807, 2.05) is 18.7 Å². The largest absolute Gasteiger partial charge is 0.450 e. The molecule has 1 rings (SSSR count). The summed E-state index contributed by atoms with van der Waals surface area (Å²) in [6, 6.07) is 0. The molecule has 1 amide bonds. The fourth-order valence-electron chi connectivity index (χ4n) is 2.06. The summed E-state index contributed by atoms with van der Waals surface area (Å²) in [5.41, 5.74) is 0. The second kappa shape index (κ2) is 9.74. The molecule has 0 aromatic rings. The van der Waals surface area contributed by atoms with Crippen LogP contribution in [0.15, 0.2) is 4.99 Å². The van der Waals surface area contributed by atoms with Crippen LogP contribution in [0.2, 0.25) is 0 Å². The van der Waals surface area contributed by atoms with Crippen molar-refractivity contribution >= 4 is 23.8 Å². The maximum atomic E-state index is 11.6. The quantitative estimate of drug-likeness (QED) is 0.468. The lowest BCUT2D eigenvalue weighted by atomic mass is 10.3. The van der Waals surface area contributed by atoms with E-state index in [0.717, 1.165) is 37.8 Å². The number of nitrogens with one attached hydrogen (secondary N) is 1. The monoisotopic (exact) mass is 302 g/mol. The lowest BCUT2D eigenvalue weighted by Crippen LogP contribution is -2.54. The Hall–Kier alpha value is -1.11. The maximum Gasteiger partial charge on any atom is 0.409 e. The minimum atomic E-state index is -0.213. The number of ether oxygens (including phenoxy) is 1. The highest BCUT2D eigenvalue weighted by Gasteiger charge is 2.23. The molecule has 1 aliphatic rings. The van der Waals surface area contributed by atoms with Gasteiger partial charge in [-0.3, -0.25) is 4.99 Å². The molecule has 0 radical (unpaired) electrons. The van der Waals surface area contributed by atoms with Gasteiger partial charge in [-0.2, -0.15) is 11.8 Å². The van der Waals surface area contributed by atoms with Crippen LogP contribution < -0.4 is 5.32 Å². The number of hydrogen-bond donors (Lipinski definition) is 1. The SMILES string of the molecule is CCOC(=O)N1CCN(C(=NC)NCCCSC)CC1. The van der Waals surface area contributed by atoms with E-state index in [-0.39, 0.29) is 6.09 Å². The van der Waals surface area contributed by atoms with E-state index in [1.165, 1.54) is 0 Å². The van der Waals surface area contributed by atoms with Crippen LogP contribution >= 0.6 is 11.8 Å². The van der Waals surface area contributed by atoms with Crippen LogP contribution in [0.5, 0.6) is 0 Å². The van der Waals surface area contributed by atoms with Crippen LogP contribution in [0.25, 0.3) is 0 Å². The summed E-state index contributed by atoms with van der Waals surface area (Å²) >= 11 is 1.85. The summed E-state index contributed by atoms with van der Waals surface area (Å²) in [5.74, 6) is 2.08. The molecule has 0 unspecified atom stereocenters. The number of rotatable bonds is 5. The molecule has 6 nitrogen and oxygen atoms in total. The molecule has 0 aliphatic carbocycles. The molecule has 0 bridgehead atoms. The van der Waals surface area contributed by atoms with Crippen LogP contribution in [-0.4, -0.2) is 80.2 Å². The predicted molar refractivity (Wildman–Crippen MR) is 84.5 cm³/mol. The van der Waals surface area contributed by atoms with Gasteiger partial charge in [0.15, 0.2) is 5.96 Å². The highest BCUT2D eigenvalue weighted by molar-refractivity contribution is 7.98. The van der Waals surface area contributed by atoms with Crippen molar-refractivity contribution in [2.45, 2.75) is 13.3 Å². The smallest absolute Gasteiger partial charge is 0.409 e. The molecular weight excluding hydrogens is 276 g/mol. The van der Waals surface area contributed by atoms with Gasteiger partial charge in [-0.25, -0.2) is 4.79 Å². The minimum Gasteiger partial charge on any atom is -0.450 e. The fraction of sp³-hybridized carbons (Fsp3) is 0.846. The summed E-state index contributed by atoms with van der Waals surface area (Å²) < 4.78 is 5.02. The van der Waals surface area contributed by atoms with E-state index in [4.69, 9.17) is 4.74 Å². The van der Waals surface area contributed by atoms with Gasteiger partial charge in [0, 0.05) is 39.8 Å². The van der Waals surface area contributed by atoms with Gasteiger partial charge in [0.2, 0.25) is 0 Å². The zero-order chi connectivity index (χ0) is 14.8. The summed E-state index contributed by atoms with van der Waals surface area (Å²) in [4.78, 5) is 19.9. The molecule has 1 heterocycles. The third kappa shape index (κ3) is 5.48. The molecule has 1 N–H and O–H groups in total. The third-order valence-corrected chi connectivity index (χ3v) is 3.82. The van der Waals surface area contributed by atoms with Crippen molar-refractivity contribution < 1.29 is 9.53 Å². The molecule has 1 aliphatic heterocycles. The van der Waals surface area contributed by atoms with Crippen LogP contribution in [-0.2, 0) is 4.74 Å². The molecule has 1 fully saturated rings. The number of carbonyl (C=O) groups excluding carboxylic acids is 1. The average Bonchev–Trinajstić information content (AvgIpc) is 2.48. The molecule has 0 spiro atoms. The number of aliphatic imine (C=N–C) groups is 1. The molecular formula is C13H26N4O2S. The summed E-state index contributed by atoms with van der Waals surface area (Å²) in [6.07, 6.45) is 3.03. The highest BCUT2D eigenvalue weighted by atomic mass is 32.2. The van der Waals surface area contributed by atoms with Crippen LogP contribution in [0.1, 0.15) is 13.3 Å². The van der Waals surface area contributed by atoms with E-state index in [2.05, 4.69) is 21.5 Å². The van der Waals surface area contributed by atoms with Gasteiger partial charge < -0.3 is 19.9 Å². The molecule has 0 aromatic carbocycles. The lowest BCUT2D eigenvalue weighted by Gasteiger charge is -2.35. The number of nitrogens with zero attached hydrogens (tertiary/aromatic N) is 3. The van der Waals surface area contributed by atoms with Gasteiger partial charge >= 0.3 is 6.09 Å². The van der Waals surface area contributed by atoms with Gasteiger partial charge in [-0.15, -0.1) is 0 Å². The first-order valence-corrected chi connectivity index (χ1v) is 8.48. The number of piperazine rings is 1. The minimum absolute atomic E-state index is 0.213. The number of carbonyl (C=O) groups is 1. The molecule has 0 atom stereocenters. The molecule has 116 valence electrons. The van der Waals surface area contributed by atoms with Crippen LogP contribution in [0.3, 0.4) is 0 Å². The van der Waals surface area contributed by atoms with Gasteiger partial charge in [0.25, 0.3) is 0 Å². The number of amides is 1. The summed E-state index contributed by atoms with van der Waals surface area (Å²) in [5, 5.41) is 3.37. The molecule has 0 aromatic heterocycles. The first-order valence-electron chi connectivity index (χ1n) is 7.09. The number of guanidine groups is 1. The van der Waals surface area contributed by atoms with Gasteiger partial charge in [-0.1, -0.05) is 0 Å². The summed E-state index contributed by atoms with van der Waals surface area (Å²) in [7, 11) is 1.80. The Morgan fingerprint density at radius 2 is 1.95 bits per heavy atom. The first kappa shape index (κ1) is 16.9. The van der Waals surface area contributed by atoms with Crippen molar-refractivity contribution in [2.24, 2.45) is 4.99 Å². The van der Waals surface area contributed by atoms with Crippen LogP contribution in [0.4, 0.5) is 4.79 Å². The Kier molecular flexibility index (Phi) is 8.25. The normalized spacial score (nSPS) is 16.2. The van der Waals surface area contributed by atoms with Gasteiger partial charge in [0.05, 0.1) is 6.61 Å². The van der Waals surface area contributed by atoms with Crippen molar-refractivity contribution in [3.05, 3.63) is 0 Å². The van der Waals surface area contributed by atoms with Crippen molar-refractivity contribution in [3.63, 3.8) is 0 Å². The Labute approximate surface area is 125 Å². The van der Waals surface area contributed by atoms with Crippen molar-refractivity contribution in [2.75, 3.05) is 58.4 Å². The van der Waals surface area contributed by atoms with Crippen LogP contribution in [0, 0.1) is 0 Å². The predicted octanol–water partition coefficient (Wildman–Crippen LogP) is 1.09. The first-order chi connectivity index (χ1) is 9.72. The summed E-state index contributed by atoms with van der Waals surface area (Å²) in [6.45, 7) is 6.15. The fourth-order valence-corrected chi connectivity index (χ4v) is 2.50. The van der Waals surface area contributed by atoms with E-state index < -0.39 is 0 Å². The van der Waals surface area contributed by atoms with E-state index >= 15 is 0 Å². The van der Waals surface area contributed by atoms with Gasteiger partial charge in [-0.05, 0) is 25.4 Å². The second-order valence-corrected chi connectivity index (χ2v) is 5.48. The van der Waals surface area contributed by atoms with Crippen molar-refractivity contribution in [3.8, 4) is 0 Å². The number of hydrogen-bond acceptors (Lipinski definition) is 4. The molecule has 7 heteroatoms. The van der Waals surface area contributed by atoms with Crippen molar-refractivity contribution in [1.29, 1.82) is 0 Å². The second-order valence-electron chi connectivity index (χ2n) is 4.49. The molecule has 1 saturated heterocycles. The van der Waals surface area contributed by atoms with E-state index in [9.17, 15) is 4.79 Å². The van der Waals surface area contributed by atoms with E-state index in [1.54, 1.807) is 11.9 Å². The number of thioether (sulfide) groups is 1. The highest BCUT2D eigenvalue weighted by Crippen LogP contribution is 2.04. The Balaban J connectivity index is 2.33. The average molecular weight is 302 g/mol.